The Hall–Kier alpha value is -1.61. The van der Waals surface area contributed by atoms with Crippen LogP contribution in [0.15, 0.2) is 47.4 Å². The van der Waals surface area contributed by atoms with E-state index in [1.807, 2.05) is 0 Å². The molecule has 9 heteroatoms. The Kier molecular flexibility index (Phi) is 5.06. The predicted octanol–water partition coefficient (Wildman–Crippen LogP) is 3.99. The van der Waals surface area contributed by atoms with E-state index in [4.69, 9.17) is 11.6 Å². The van der Waals surface area contributed by atoms with Crippen LogP contribution < -0.4 is 0 Å². The van der Waals surface area contributed by atoms with Gasteiger partial charge in [-0.05, 0) is 30.2 Å². The Morgan fingerprint density at radius 1 is 1.24 bits per heavy atom. The fourth-order valence-electron chi connectivity index (χ4n) is 2.70. The van der Waals surface area contributed by atoms with Crippen LogP contribution in [-0.4, -0.2) is 29.9 Å². The maximum absolute atomic E-state index is 13.1. The fourth-order valence-corrected chi connectivity index (χ4v) is 6.31. The highest BCUT2D eigenvalue weighted by Crippen LogP contribution is 2.42. The van der Waals surface area contributed by atoms with E-state index in [1.54, 1.807) is 31.2 Å². The number of aryl methyl sites for hydroxylation is 1. The molecule has 1 heterocycles. The number of nitrogens with zero attached hydrogens (tertiary/aromatic N) is 2. The van der Waals surface area contributed by atoms with Crippen LogP contribution in [0.1, 0.15) is 16.5 Å². The van der Waals surface area contributed by atoms with Gasteiger partial charge in [-0.15, -0.1) is 11.8 Å². The van der Waals surface area contributed by atoms with Gasteiger partial charge in [0.05, 0.1) is 15.2 Å². The lowest BCUT2D eigenvalue weighted by Gasteiger charge is -2.24. The van der Waals surface area contributed by atoms with Crippen LogP contribution in [0.5, 0.6) is 0 Å². The molecule has 0 aromatic heterocycles. The quantitative estimate of drug-likeness (QED) is 0.574. The summed E-state index contributed by atoms with van der Waals surface area (Å²) in [5.41, 5.74) is 1.08. The zero-order valence-electron chi connectivity index (χ0n) is 13.3. The molecular formula is C16H15ClN2O4S2. The van der Waals surface area contributed by atoms with Crippen molar-refractivity contribution in [2.45, 2.75) is 17.2 Å². The number of thioether (sulfide) groups is 1. The first kappa shape index (κ1) is 18.2. The molecule has 1 saturated heterocycles. The lowest BCUT2D eigenvalue weighted by molar-refractivity contribution is -0.385. The minimum absolute atomic E-state index is 0.0248. The Morgan fingerprint density at radius 3 is 2.56 bits per heavy atom. The SMILES string of the molecule is Cc1ccc([N+](=O)[O-])cc1S(=O)(=O)N1CCSC1c1ccc(Cl)cc1. The second-order valence-electron chi connectivity index (χ2n) is 5.60. The molecule has 1 atom stereocenters. The van der Waals surface area contributed by atoms with Gasteiger partial charge in [0.2, 0.25) is 10.0 Å². The van der Waals surface area contributed by atoms with Gasteiger partial charge < -0.3 is 0 Å². The van der Waals surface area contributed by atoms with Crippen molar-refractivity contribution in [2.75, 3.05) is 12.3 Å². The number of benzene rings is 2. The highest BCUT2D eigenvalue weighted by molar-refractivity contribution is 8.01. The van der Waals surface area contributed by atoms with Crippen LogP contribution in [-0.2, 0) is 10.0 Å². The molecule has 0 radical (unpaired) electrons. The molecule has 0 saturated carbocycles. The second-order valence-corrected chi connectivity index (χ2v) is 9.08. The van der Waals surface area contributed by atoms with E-state index in [1.165, 1.54) is 28.2 Å². The van der Waals surface area contributed by atoms with Gasteiger partial charge in [0, 0.05) is 29.5 Å². The summed E-state index contributed by atoms with van der Waals surface area (Å²) in [6, 6.07) is 10.9. The maximum atomic E-state index is 13.1. The molecular weight excluding hydrogens is 384 g/mol. The molecule has 6 nitrogen and oxygen atoms in total. The Labute approximate surface area is 155 Å². The third-order valence-corrected chi connectivity index (χ3v) is 7.63. The summed E-state index contributed by atoms with van der Waals surface area (Å²) in [5, 5.41) is 11.2. The number of hydrogen-bond donors (Lipinski definition) is 0. The van der Waals surface area contributed by atoms with Crippen molar-refractivity contribution in [1.29, 1.82) is 0 Å². The van der Waals surface area contributed by atoms with Gasteiger partial charge in [-0.25, -0.2) is 8.42 Å². The average molecular weight is 399 g/mol. The van der Waals surface area contributed by atoms with Crippen LogP contribution in [0.4, 0.5) is 5.69 Å². The van der Waals surface area contributed by atoms with Crippen LogP contribution in [0.25, 0.3) is 0 Å². The summed E-state index contributed by atoms with van der Waals surface area (Å²) < 4.78 is 27.7. The van der Waals surface area contributed by atoms with Crippen molar-refractivity contribution in [3.8, 4) is 0 Å². The van der Waals surface area contributed by atoms with Gasteiger partial charge in [-0.3, -0.25) is 10.1 Å². The molecule has 132 valence electrons. The zero-order valence-corrected chi connectivity index (χ0v) is 15.6. The third kappa shape index (κ3) is 3.52. The average Bonchev–Trinajstić information content (AvgIpc) is 3.06. The first-order valence-corrected chi connectivity index (χ1v) is 10.3. The number of rotatable bonds is 4. The topological polar surface area (TPSA) is 80.5 Å². The van der Waals surface area contributed by atoms with Crippen molar-refractivity contribution >= 4 is 39.1 Å². The highest BCUT2D eigenvalue weighted by atomic mass is 35.5. The molecule has 2 aromatic rings. The monoisotopic (exact) mass is 398 g/mol. The molecule has 0 spiro atoms. The second kappa shape index (κ2) is 6.95. The van der Waals surface area contributed by atoms with E-state index in [0.29, 0.717) is 22.9 Å². The number of non-ortho nitro benzene ring substituents is 1. The molecule has 1 aliphatic rings. The van der Waals surface area contributed by atoms with E-state index < -0.39 is 14.9 Å². The fraction of sp³-hybridized carbons (Fsp3) is 0.250. The van der Waals surface area contributed by atoms with E-state index in [2.05, 4.69) is 0 Å². The summed E-state index contributed by atoms with van der Waals surface area (Å²) in [4.78, 5) is 10.4. The minimum Gasteiger partial charge on any atom is -0.258 e. The van der Waals surface area contributed by atoms with Crippen molar-refractivity contribution in [2.24, 2.45) is 0 Å². The molecule has 2 aromatic carbocycles. The van der Waals surface area contributed by atoms with Crippen molar-refractivity contribution in [3.05, 3.63) is 68.7 Å². The normalized spacial score (nSPS) is 18.4. The molecule has 0 amide bonds. The number of nitro groups is 1. The van der Waals surface area contributed by atoms with E-state index in [-0.39, 0.29) is 16.0 Å². The molecule has 0 aliphatic carbocycles. The smallest absolute Gasteiger partial charge is 0.258 e. The van der Waals surface area contributed by atoms with Crippen LogP contribution in [0.3, 0.4) is 0 Å². The Bertz CT molecular complexity index is 916. The lowest BCUT2D eigenvalue weighted by Crippen LogP contribution is -2.31. The Balaban J connectivity index is 2.03. The summed E-state index contributed by atoms with van der Waals surface area (Å²) in [6.45, 7) is 1.99. The molecule has 3 rings (SSSR count). The van der Waals surface area contributed by atoms with E-state index in [0.717, 1.165) is 11.6 Å². The molecule has 0 N–H and O–H groups in total. The van der Waals surface area contributed by atoms with Crippen LogP contribution in [0.2, 0.25) is 5.02 Å². The third-order valence-electron chi connectivity index (χ3n) is 3.97. The van der Waals surface area contributed by atoms with Crippen LogP contribution >= 0.6 is 23.4 Å². The maximum Gasteiger partial charge on any atom is 0.270 e. The standard InChI is InChI=1S/C16H15ClN2O4S2/c1-11-2-7-14(19(20)21)10-15(11)25(22,23)18-8-9-24-16(18)12-3-5-13(17)6-4-12/h2-7,10,16H,8-9H2,1H3. The molecule has 1 fully saturated rings. The first-order chi connectivity index (χ1) is 11.8. The Morgan fingerprint density at radius 2 is 1.92 bits per heavy atom. The summed E-state index contributed by atoms with van der Waals surface area (Å²) in [6.07, 6.45) is 0. The van der Waals surface area contributed by atoms with Gasteiger partial charge in [-0.2, -0.15) is 4.31 Å². The summed E-state index contributed by atoms with van der Waals surface area (Å²) in [5.74, 6) is 0.653. The van der Waals surface area contributed by atoms with Gasteiger partial charge in [0.25, 0.3) is 5.69 Å². The number of sulfonamides is 1. The van der Waals surface area contributed by atoms with E-state index in [9.17, 15) is 18.5 Å². The largest absolute Gasteiger partial charge is 0.270 e. The molecule has 1 aliphatic heterocycles. The van der Waals surface area contributed by atoms with Gasteiger partial charge in [0.15, 0.2) is 0 Å². The zero-order chi connectivity index (χ0) is 18.2. The van der Waals surface area contributed by atoms with Crippen molar-refractivity contribution in [3.63, 3.8) is 0 Å². The lowest BCUT2D eigenvalue weighted by atomic mass is 10.2. The van der Waals surface area contributed by atoms with Crippen molar-refractivity contribution < 1.29 is 13.3 Å². The van der Waals surface area contributed by atoms with Gasteiger partial charge in [0.1, 0.15) is 0 Å². The molecule has 0 bridgehead atoms. The number of hydrogen-bond acceptors (Lipinski definition) is 5. The minimum atomic E-state index is -3.86. The van der Waals surface area contributed by atoms with E-state index >= 15 is 0 Å². The van der Waals surface area contributed by atoms with Crippen molar-refractivity contribution in [1.82, 2.24) is 4.31 Å². The number of halogens is 1. The molecule has 25 heavy (non-hydrogen) atoms. The highest BCUT2D eigenvalue weighted by Gasteiger charge is 2.38. The van der Waals surface area contributed by atoms with Gasteiger partial charge in [-0.1, -0.05) is 29.8 Å². The predicted molar refractivity (Wildman–Crippen MR) is 98.4 cm³/mol. The van der Waals surface area contributed by atoms with Crippen LogP contribution in [0, 0.1) is 17.0 Å². The summed E-state index contributed by atoms with van der Waals surface area (Å²) >= 11 is 7.42. The molecule has 1 unspecified atom stereocenters. The number of nitro benzene ring substituents is 1. The summed E-state index contributed by atoms with van der Waals surface area (Å²) in [7, 11) is -3.86. The first-order valence-electron chi connectivity index (χ1n) is 7.44. The van der Waals surface area contributed by atoms with Gasteiger partial charge >= 0.3 is 0 Å².